The highest BCUT2D eigenvalue weighted by Gasteiger charge is 2.35. The van der Waals surface area contributed by atoms with Gasteiger partial charge in [-0.15, -0.1) is 24.0 Å². The van der Waals surface area contributed by atoms with Gasteiger partial charge in [-0.05, 0) is 70.2 Å². The normalized spacial score (nSPS) is 20.4. The molecule has 0 aromatic heterocycles. The zero-order valence-electron chi connectivity index (χ0n) is 18.7. The van der Waals surface area contributed by atoms with Crippen LogP contribution in [-0.4, -0.2) is 49.2 Å². The summed E-state index contributed by atoms with van der Waals surface area (Å²) >= 11 is 0. The van der Waals surface area contributed by atoms with Crippen molar-refractivity contribution in [3.63, 3.8) is 0 Å². The first kappa shape index (κ1) is 26.0. The topological polar surface area (TPSA) is 48.9 Å². The number of alkyl halides is 3. The second kappa shape index (κ2) is 10.6. The van der Waals surface area contributed by atoms with E-state index in [0.717, 1.165) is 38.2 Å². The Morgan fingerprint density at radius 1 is 1.16 bits per heavy atom. The lowest BCUT2D eigenvalue weighted by molar-refractivity contribution is -0.138. The lowest BCUT2D eigenvalue weighted by Gasteiger charge is -2.23. The number of nitrogens with one attached hydrogen (secondary N) is 2. The average Bonchev–Trinajstić information content (AvgIpc) is 3.39. The summed E-state index contributed by atoms with van der Waals surface area (Å²) in [5, 5.41) is 6.29. The number of likely N-dealkylation sites (tertiary alicyclic amines) is 1. The van der Waals surface area contributed by atoms with Gasteiger partial charge in [0.05, 0.1) is 5.56 Å². The predicted molar refractivity (Wildman–Crippen MR) is 128 cm³/mol. The van der Waals surface area contributed by atoms with Crippen LogP contribution in [0.2, 0.25) is 0 Å². The Morgan fingerprint density at radius 3 is 2.45 bits per heavy atom. The van der Waals surface area contributed by atoms with Crippen molar-refractivity contribution in [1.29, 1.82) is 0 Å². The van der Waals surface area contributed by atoms with Crippen molar-refractivity contribution in [3.8, 4) is 5.75 Å². The number of nitrogens with zero attached hydrogens (tertiary/aromatic N) is 2. The van der Waals surface area contributed by atoms with E-state index >= 15 is 0 Å². The van der Waals surface area contributed by atoms with E-state index in [1.807, 2.05) is 0 Å². The van der Waals surface area contributed by atoms with Gasteiger partial charge in [0.2, 0.25) is 0 Å². The van der Waals surface area contributed by atoms with Gasteiger partial charge in [0.15, 0.2) is 5.96 Å². The predicted octanol–water partition coefficient (Wildman–Crippen LogP) is 4.65. The molecule has 2 N–H and O–H groups in total. The van der Waals surface area contributed by atoms with Crippen molar-refractivity contribution in [3.05, 3.63) is 29.3 Å². The van der Waals surface area contributed by atoms with Gasteiger partial charge in [0.25, 0.3) is 0 Å². The lowest BCUT2D eigenvalue weighted by atomic mass is 10.1. The first-order valence-electron chi connectivity index (χ1n) is 10.6. The van der Waals surface area contributed by atoms with Crippen molar-refractivity contribution in [2.45, 2.75) is 64.4 Å². The van der Waals surface area contributed by atoms with Crippen LogP contribution in [0.25, 0.3) is 0 Å². The Balaban J connectivity index is 0.00000341. The average molecular weight is 554 g/mol. The highest BCUT2D eigenvalue weighted by atomic mass is 127. The van der Waals surface area contributed by atoms with Crippen LogP contribution in [0.4, 0.5) is 13.2 Å². The molecule has 2 fully saturated rings. The lowest BCUT2D eigenvalue weighted by Crippen LogP contribution is -2.40. The van der Waals surface area contributed by atoms with E-state index in [4.69, 9.17) is 4.74 Å². The number of benzene rings is 1. The Labute approximate surface area is 200 Å². The minimum Gasteiger partial charge on any atom is -0.488 e. The van der Waals surface area contributed by atoms with Gasteiger partial charge >= 0.3 is 6.18 Å². The largest absolute Gasteiger partial charge is 0.488 e. The van der Waals surface area contributed by atoms with Crippen LogP contribution in [0, 0.1) is 5.92 Å². The molecule has 0 radical (unpaired) electrons. The van der Waals surface area contributed by atoms with E-state index in [-0.39, 0.29) is 41.8 Å². The monoisotopic (exact) mass is 554 g/mol. The van der Waals surface area contributed by atoms with Gasteiger partial charge in [-0.2, -0.15) is 13.2 Å². The van der Waals surface area contributed by atoms with Gasteiger partial charge in [0.1, 0.15) is 11.4 Å². The maximum absolute atomic E-state index is 13.6. The fraction of sp³-hybridized carbons (Fsp3) is 0.682. The summed E-state index contributed by atoms with van der Waals surface area (Å²) in [6.45, 7) is 8.44. The minimum atomic E-state index is -4.46. The van der Waals surface area contributed by atoms with E-state index in [1.165, 1.54) is 18.9 Å². The molecule has 1 aliphatic carbocycles. The highest BCUT2D eigenvalue weighted by Crippen LogP contribution is 2.35. The van der Waals surface area contributed by atoms with Crippen molar-refractivity contribution in [2.24, 2.45) is 10.9 Å². The first-order chi connectivity index (χ1) is 14.0. The summed E-state index contributed by atoms with van der Waals surface area (Å²) in [6, 6.07) is 4.90. The number of rotatable bonds is 6. The molecule has 9 heteroatoms. The molecule has 1 atom stereocenters. The standard InChI is InChI=1S/C22H33F3N4O.HI/c1-21(2,3)30-18-8-5-16(19(11-18)22(23,24)25)13-28-20(26-4)27-12-15-9-10-29(14-15)17-6-7-17;/h5,8,11,15,17H,6-7,9-10,12-14H2,1-4H3,(H2,26,27,28);1H. The van der Waals surface area contributed by atoms with Crippen LogP contribution in [0.3, 0.4) is 0 Å². The fourth-order valence-electron chi connectivity index (χ4n) is 3.83. The van der Waals surface area contributed by atoms with Gasteiger partial charge in [-0.1, -0.05) is 6.07 Å². The molecule has 1 saturated heterocycles. The molecule has 1 heterocycles. The van der Waals surface area contributed by atoms with E-state index in [9.17, 15) is 13.2 Å². The second-order valence-electron chi connectivity index (χ2n) is 9.22. The third-order valence-electron chi connectivity index (χ3n) is 5.42. The summed E-state index contributed by atoms with van der Waals surface area (Å²) in [6.07, 6.45) is -0.690. The molecule has 1 unspecified atom stereocenters. The molecule has 0 bridgehead atoms. The molecule has 2 aliphatic rings. The van der Waals surface area contributed by atoms with Gasteiger partial charge < -0.3 is 20.3 Å². The zero-order valence-corrected chi connectivity index (χ0v) is 21.0. The maximum Gasteiger partial charge on any atom is 0.416 e. The van der Waals surface area contributed by atoms with Crippen LogP contribution in [0.15, 0.2) is 23.2 Å². The number of hydrogen-bond donors (Lipinski definition) is 2. The second-order valence-corrected chi connectivity index (χ2v) is 9.22. The molecule has 0 amide bonds. The summed E-state index contributed by atoms with van der Waals surface area (Å²) in [5.74, 6) is 1.27. The number of ether oxygens (including phenoxy) is 1. The number of halogens is 4. The van der Waals surface area contributed by atoms with E-state index in [0.29, 0.717) is 11.9 Å². The number of aliphatic imine (C=N–C) groups is 1. The molecule has 1 aromatic carbocycles. The molecule has 1 aromatic rings. The highest BCUT2D eigenvalue weighted by molar-refractivity contribution is 14.0. The Kier molecular flexibility index (Phi) is 8.89. The minimum absolute atomic E-state index is 0. The Hall–Kier alpha value is -1.23. The molecule has 0 spiro atoms. The van der Waals surface area contributed by atoms with Crippen molar-refractivity contribution >= 4 is 29.9 Å². The fourth-order valence-corrected chi connectivity index (χ4v) is 3.83. The summed E-state index contributed by atoms with van der Waals surface area (Å²) in [4.78, 5) is 6.70. The first-order valence-corrected chi connectivity index (χ1v) is 10.6. The van der Waals surface area contributed by atoms with Gasteiger partial charge in [-0.3, -0.25) is 4.99 Å². The molecule has 31 heavy (non-hydrogen) atoms. The summed E-state index contributed by atoms with van der Waals surface area (Å²) < 4.78 is 46.4. The third kappa shape index (κ3) is 8.00. The van der Waals surface area contributed by atoms with Crippen molar-refractivity contribution in [1.82, 2.24) is 15.5 Å². The van der Waals surface area contributed by atoms with Crippen LogP contribution in [0.1, 0.15) is 51.2 Å². The third-order valence-corrected chi connectivity index (χ3v) is 5.42. The van der Waals surface area contributed by atoms with Gasteiger partial charge in [-0.25, -0.2) is 0 Å². The maximum atomic E-state index is 13.6. The summed E-state index contributed by atoms with van der Waals surface area (Å²) in [5.41, 5.74) is -1.10. The zero-order chi connectivity index (χ0) is 21.9. The molecule has 1 saturated carbocycles. The van der Waals surface area contributed by atoms with E-state index < -0.39 is 17.3 Å². The van der Waals surface area contributed by atoms with Crippen LogP contribution in [0.5, 0.6) is 5.75 Å². The molecular formula is C22H34F3IN4O. The quantitative estimate of drug-likeness (QED) is 0.306. The van der Waals surface area contributed by atoms with Crippen molar-refractivity contribution in [2.75, 3.05) is 26.7 Å². The van der Waals surface area contributed by atoms with Gasteiger partial charge in [0, 0.05) is 32.7 Å². The summed E-state index contributed by atoms with van der Waals surface area (Å²) in [7, 11) is 1.63. The molecule has 3 rings (SSSR count). The van der Waals surface area contributed by atoms with Crippen LogP contribution >= 0.6 is 24.0 Å². The molecular weight excluding hydrogens is 520 g/mol. The smallest absolute Gasteiger partial charge is 0.416 e. The number of guanidine groups is 1. The molecule has 1 aliphatic heterocycles. The molecule has 5 nitrogen and oxygen atoms in total. The Bertz CT molecular complexity index is 760. The SMILES string of the molecule is CN=C(NCc1ccc(OC(C)(C)C)cc1C(F)(F)F)NCC1CCN(C2CC2)C1.I. The van der Waals surface area contributed by atoms with Crippen LogP contribution in [-0.2, 0) is 12.7 Å². The Morgan fingerprint density at radius 2 is 1.87 bits per heavy atom. The van der Waals surface area contributed by atoms with E-state index in [1.54, 1.807) is 33.9 Å². The number of hydrogen-bond acceptors (Lipinski definition) is 3. The van der Waals surface area contributed by atoms with Crippen molar-refractivity contribution < 1.29 is 17.9 Å². The molecule has 176 valence electrons. The van der Waals surface area contributed by atoms with Crippen LogP contribution < -0.4 is 15.4 Å². The van der Waals surface area contributed by atoms with E-state index in [2.05, 4.69) is 20.5 Å².